The number of amides is 2. The number of nitrogens with one attached hydrogen (secondary N) is 3. The Morgan fingerprint density at radius 2 is 2.12 bits per heavy atom. The van der Waals surface area contributed by atoms with Gasteiger partial charge in [-0.3, -0.25) is 14.4 Å². The molecular weight excluding hydrogens is 432 g/mol. The third-order valence-electron chi connectivity index (χ3n) is 6.10. The van der Waals surface area contributed by atoms with Gasteiger partial charge in [0, 0.05) is 35.7 Å². The molecule has 2 amide bonds. The van der Waals surface area contributed by atoms with Crippen molar-refractivity contribution in [2.45, 2.75) is 58.9 Å². The van der Waals surface area contributed by atoms with Gasteiger partial charge >= 0.3 is 0 Å². The molecule has 34 heavy (non-hydrogen) atoms. The molecule has 3 atom stereocenters. The number of aromatic nitrogens is 1. The monoisotopic (exact) mass is 466 g/mol. The Morgan fingerprint density at radius 1 is 1.32 bits per heavy atom. The summed E-state index contributed by atoms with van der Waals surface area (Å²) < 4.78 is 5.80. The lowest BCUT2D eigenvalue weighted by molar-refractivity contribution is -0.127. The van der Waals surface area contributed by atoms with Crippen LogP contribution in [0.5, 0.6) is 5.75 Å². The molecule has 0 aliphatic carbocycles. The lowest BCUT2D eigenvalue weighted by Gasteiger charge is -2.21. The summed E-state index contributed by atoms with van der Waals surface area (Å²) in [6, 6.07) is 8.75. The molecule has 1 aromatic carbocycles. The maximum absolute atomic E-state index is 13.1. The highest BCUT2D eigenvalue weighted by Gasteiger charge is 2.30. The van der Waals surface area contributed by atoms with E-state index in [0.29, 0.717) is 31.7 Å². The molecule has 2 aromatic rings. The number of rotatable bonds is 12. The van der Waals surface area contributed by atoms with E-state index in [9.17, 15) is 19.6 Å². The molecule has 0 radical (unpaired) electrons. The Kier molecular flexibility index (Phi) is 8.69. The lowest BCUT2D eigenvalue weighted by atomic mass is 9.90. The van der Waals surface area contributed by atoms with Gasteiger partial charge < -0.3 is 20.4 Å². The molecule has 0 saturated carbocycles. The maximum Gasteiger partial charge on any atom is 0.224 e. The van der Waals surface area contributed by atoms with Crippen LogP contribution in [-0.4, -0.2) is 41.8 Å². The van der Waals surface area contributed by atoms with Crippen molar-refractivity contribution in [3.8, 4) is 11.8 Å². The predicted molar refractivity (Wildman–Crippen MR) is 129 cm³/mol. The summed E-state index contributed by atoms with van der Waals surface area (Å²) in [5.74, 6) is -0.490. The second kappa shape index (κ2) is 11.7. The van der Waals surface area contributed by atoms with Gasteiger partial charge in [-0.1, -0.05) is 26.8 Å². The Labute approximate surface area is 200 Å². The van der Waals surface area contributed by atoms with Crippen molar-refractivity contribution >= 4 is 28.5 Å². The average Bonchev–Trinajstić information content (AvgIpc) is 3.42. The molecule has 8 heteroatoms. The quantitative estimate of drug-likeness (QED) is 0.411. The first kappa shape index (κ1) is 25.3. The van der Waals surface area contributed by atoms with Crippen LogP contribution in [0.3, 0.4) is 0 Å². The van der Waals surface area contributed by atoms with Gasteiger partial charge in [0.05, 0.1) is 18.4 Å². The summed E-state index contributed by atoms with van der Waals surface area (Å²) >= 11 is 0. The molecule has 1 aromatic heterocycles. The number of carbonyl (C=O) groups excluding carboxylic acids is 3. The van der Waals surface area contributed by atoms with Crippen LogP contribution >= 0.6 is 0 Å². The normalized spacial score (nSPS) is 17.3. The van der Waals surface area contributed by atoms with Gasteiger partial charge in [0.25, 0.3) is 0 Å². The first-order valence-corrected chi connectivity index (χ1v) is 12.1. The number of nitrogens with zero attached hydrogens (tertiary/aromatic N) is 1. The van der Waals surface area contributed by atoms with Crippen molar-refractivity contribution in [2.75, 3.05) is 13.2 Å². The van der Waals surface area contributed by atoms with Crippen LogP contribution in [0.25, 0.3) is 10.9 Å². The van der Waals surface area contributed by atoms with E-state index in [1.165, 1.54) is 0 Å². The van der Waals surface area contributed by atoms with Gasteiger partial charge in [0.15, 0.2) is 5.78 Å². The second-order valence-corrected chi connectivity index (χ2v) is 9.41. The van der Waals surface area contributed by atoms with Crippen molar-refractivity contribution < 1.29 is 19.1 Å². The third-order valence-corrected chi connectivity index (χ3v) is 6.10. The van der Waals surface area contributed by atoms with Gasteiger partial charge in [0.1, 0.15) is 11.8 Å². The molecular formula is C26H34N4O4. The smallest absolute Gasteiger partial charge is 0.224 e. The highest BCUT2D eigenvalue weighted by atomic mass is 16.5. The fourth-order valence-electron chi connectivity index (χ4n) is 4.39. The number of aromatic amines is 1. The van der Waals surface area contributed by atoms with E-state index in [4.69, 9.17) is 4.74 Å². The Hall–Kier alpha value is -3.34. The summed E-state index contributed by atoms with van der Waals surface area (Å²) in [6.45, 7) is 7.21. The molecule has 182 valence electrons. The molecule has 0 bridgehead atoms. The number of benzene rings is 1. The van der Waals surface area contributed by atoms with E-state index in [2.05, 4.69) is 21.7 Å². The first-order valence-electron chi connectivity index (χ1n) is 12.1. The summed E-state index contributed by atoms with van der Waals surface area (Å²) in [7, 11) is 0. The Morgan fingerprint density at radius 3 is 2.76 bits per heavy atom. The number of ether oxygens (including phenoxy) is 1. The summed E-state index contributed by atoms with van der Waals surface area (Å²) in [5.41, 5.74) is 1.24. The largest absolute Gasteiger partial charge is 0.493 e. The van der Waals surface area contributed by atoms with Crippen molar-refractivity contribution in [3.05, 3.63) is 30.0 Å². The number of ketones is 1. The van der Waals surface area contributed by atoms with Crippen LogP contribution in [0.15, 0.2) is 24.3 Å². The minimum atomic E-state index is -0.766. The number of nitriles is 1. The summed E-state index contributed by atoms with van der Waals surface area (Å²) in [6.07, 6.45) is 2.37. The number of hydrogen-bond donors (Lipinski definition) is 3. The van der Waals surface area contributed by atoms with E-state index in [1.54, 1.807) is 6.07 Å². The zero-order valence-electron chi connectivity index (χ0n) is 20.1. The topological polar surface area (TPSA) is 124 Å². The van der Waals surface area contributed by atoms with E-state index >= 15 is 0 Å². The van der Waals surface area contributed by atoms with Crippen molar-refractivity contribution in [1.29, 1.82) is 5.26 Å². The molecule has 1 saturated heterocycles. The summed E-state index contributed by atoms with van der Waals surface area (Å²) in [4.78, 5) is 41.2. The van der Waals surface area contributed by atoms with Crippen molar-refractivity contribution in [2.24, 2.45) is 17.8 Å². The lowest BCUT2D eigenvalue weighted by Crippen LogP contribution is -2.41. The Balaban J connectivity index is 1.71. The standard InChI is InChI=1S/C26H34N4O4/c1-4-10-34-24-7-5-6-21-20(24)14-22(30-21)23(31)13-18(11-16(2)3)26(33)29-19(15-27)12-17-8-9-28-25(17)32/h5-7,14,16-19,30H,4,8-13H2,1-3H3,(H,28,32)(H,29,33). The van der Waals surface area contributed by atoms with E-state index < -0.39 is 12.0 Å². The number of carbonyl (C=O) groups is 3. The van der Waals surface area contributed by atoms with Crippen molar-refractivity contribution in [1.82, 2.24) is 15.6 Å². The number of Topliss-reactive ketones (excluding diaryl/α,β-unsaturated/α-hetero) is 1. The fourth-order valence-corrected chi connectivity index (χ4v) is 4.39. The van der Waals surface area contributed by atoms with Crippen LogP contribution in [-0.2, 0) is 9.59 Å². The van der Waals surface area contributed by atoms with Crippen LogP contribution in [0, 0.1) is 29.1 Å². The Bertz CT molecular complexity index is 1070. The highest BCUT2D eigenvalue weighted by molar-refractivity contribution is 6.02. The van der Waals surface area contributed by atoms with E-state index in [-0.39, 0.29) is 42.3 Å². The molecule has 2 heterocycles. The molecule has 3 N–H and O–H groups in total. The predicted octanol–water partition coefficient (Wildman–Crippen LogP) is 3.73. The van der Waals surface area contributed by atoms with Gasteiger partial charge in [-0.2, -0.15) is 5.26 Å². The number of H-pyrrole nitrogens is 1. The third kappa shape index (κ3) is 6.37. The van der Waals surface area contributed by atoms with Crippen LogP contribution in [0.2, 0.25) is 0 Å². The van der Waals surface area contributed by atoms with Gasteiger partial charge in [-0.25, -0.2) is 0 Å². The molecule has 1 aliphatic rings. The molecule has 3 unspecified atom stereocenters. The molecule has 1 fully saturated rings. The molecule has 8 nitrogen and oxygen atoms in total. The van der Waals surface area contributed by atoms with Gasteiger partial charge in [0.2, 0.25) is 11.8 Å². The van der Waals surface area contributed by atoms with E-state index in [1.807, 2.05) is 39.0 Å². The van der Waals surface area contributed by atoms with Crippen LogP contribution in [0.1, 0.15) is 63.4 Å². The molecule has 3 rings (SSSR count). The summed E-state index contributed by atoms with van der Waals surface area (Å²) in [5, 5.41) is 15.9. The number of fused-ring (bicyclic) bond motifs is 1. The highest BCUT2D eigenvalue weighted by Crippen LogP contribution is 2.28. The minimum Gasteiger partial charge on any atom is -0.493 e. The van der Waals surface area contributed by atoms with Crippen LogP contribution < -0.4 is 15.4 Å². The zero-order valence-corrected chi connectivity index (χ0v) is 20.1. The van der Waals surface area contributed by atoms with Crippen molar-refractivity contribution in [3.63, 3.8) is 0 Å². The van der Waals surface area contributed by atoms with Gasteiger partial charge in [-0.05, 0) is 49.8 Å². The molecule has 0 spiro atoms. The average molecular weight is 467 g/mol. The number of hydrogen-bond acceptors (Lipinski definition) is 5. The fraction of sp³-hybridized carbons (Fsp3) is 0.538. The van der Waals surface area contributed by atoms with Crippen LogP contribution in [0.4, 0.5) is 0 Å². The minimum absolute atomic E-state index is 0.0318. The SMILES string of the molecule is CCCOc1cccc2[nH]c(C(=O)CC(CC(C)C)C(=O)NC(C#N)CC3CCNC3=O)cc12. The molecule has 1 aliphatic heterocycles. The first-order chi connectivity index (χ1) is 16.3. The maximum atomic E-state index is 13.1. The van der Waals surface area contributed by atoms with E-state index in [0.717, 1.165) is 23.1 Å². The zero-order chi connectivity index (χ0) is 24.7. The van der Waals surface area contributed by atoms with Gasteiger partial charge in [-0.15, -0.1) is 0 Å². The second-order valence-electron chi connectivity index (χ2n) is 9.41.